The fourth-order valence-electron chi connectivity index (χ4n) is 11.0. The van der Waals surface area contributed by atoms with E-state index in [1.165, 1.54) is 15.9 Å². The molecule has 2 heterocycles. The number of hydrogen-bond acceptors (Lipinski definition) is 10. The van der Waals surface area contributed by atoms with Gasteiger partial charge in [0.15, 0.2) is 0 Å². The zero-order valence-corrected chi connectivity index (χ0v) is 50.3. The number of carbonyl (C=O) groups is 8. The molecule has 0 radical (unpaired) electrons. The maximum Gasteiger partial charge on any atom is 0.252 e. The Morgan fingerprint density at radius 2 is 0.975 bits per heavy atom. The Morgan fingerprint density at radius 1 is 0.570 bits per heavy atom. The molecule has 18 nitrogen and oxygen atoms in total. The minimum atomic E-state index is -1.01. The molecule has 0 spiro atoms. The average Bonchev–Trinajstić information content (AvgIpc) is 4.05. The molecular formula is C58H81BrCl2N10O8. The zero-order valence-electron chi connectivity index (χ0n) is 47.1. The number of benzene rings is 3. The van der Waals surface area contributed by atoms with Crippen LogP contribution in [0.5, 0.6) is 0 Å². The lowest BCUT2D eigenvalue weighted by molar-refractivity contribution is -0.144. The lowest BCUT2D eigenvalue weighted by Gasteiger charge is -2.36. The summed E-state index contributed by atoms with van der Waals surface area (Å²) in [4.78, 5) is 117. The Labute approximate surface area is 486 Å². The summed E-state index contributed by atoms with van der Waals surface area (Å²) >= 11 is 3.51. The van der Waals surface area contributed by atoms with Gasteiger partial charge in [0, 0.05) is 35.2 Å². The van der Waals surface area contributed by atoms with Crippen LogP contribution in [-0.4, -0.2) is 133 Å². The molecule has 4 aliphatic rings. The number of fused-ring (bicyclic) bond motifs is 2. The maximum atomic E-state index is 14.7. The molecule has 0 saturated carbocycles. The van der Waals surface area contributed by atoms with E-state index in [1.54, 1.807) is 40.1 Å². The molecule has 0 bridgehead atoms. The van der Waals surface area contributed by atoms with Crippen LogP contribution < -0.4 is 42.5 Å². The van der Waals surface area contributed by atoms with Gasteiger partial charge in [0.05, 0.1) is 29.7 Å². The molecule has 3 unspecified atom stereocenters. The molecular weight excluding hydrogens is 1120 g/mol. The number of likely N-dealkylation sites (N-methyl/N-ethyl adjacent to an activating group) is 2. The summed E-state index contributed by atoms with van der Waals surface area (Å²) in [6.07, 6.45) is 5.18. The molecule has 3 aromatic rings. The van der Waals surface area contributed by atoms with Crippen LogP contribution in [0.15, 0.2) is 71.2 Å². The Balaban J connectivity index is 0.00000574. The highest BCUT2D eigenvalue weighted by Crippen LogP contribution is 2.34. The van der Waals surface area contributed by atoms with Crippen molar-refractivity contribution in [2.45, 2.75) is 167 Å². The van der Waals surface area contributed by atoms with Crippen LogP contribution in [0.25, 0.3) is 0 Å². The van der Waals surface area contributed by atoms with Gasteiger partial charge in [-0.3, -0.25) is 38.4 Å². The number of rotatable bonds is 16. The van der Waals surface area contributed by atoms with Crippen molar-refractivity contribution in [1.82, 2.24) is 52.3 Å². The van der Waals surface area contributed by atoms with Gasteiger partial charge in [0.2, 0.25) is 35.4 Å². The second kappa shape index (κ2) is 27.2. The van der Waals surface area contributed by atoms with Gasteiger partial charge in [-0.15, -0.1) is 24.8 Å². The largest absolute Gasteiger partial charge is 0.347 e. The molecule has 8 N–H and O–H groups in total. The number of amides is 8. The number of aryl methyl sites for hydroxylation is 2. The Kier molecular flexibility index (Phi) is 22.1. The molecule has 79 heavy (non-hydrogen) atoms. The first-order chi connectivity index (χ1) is 36.4. The molecule has 7 rings (SSSR count). The van der Waals surface area contributed by atoms with Gasteiger partial charge in [-0.1, -0.05) is 90.1 Å². The number of nitrogens with one attached hydrogen (secondary N) is 8. The van der Waals surface area contributed by atoms with E-state index in [-0.39, 0.29) is 97.6 Å². The van der Waals surface area contributed by atoms with Gasteiger partial charge < -0.3 is 52.3 Å². The minimum Gasteiger partial charge on any atom is -0.347 e. The predicted molar refractivity (Wildman–Crippen MR) is 312 cm³/mol. The van der Waals surface area contributed by atoms with Crippen LogP contribution in [0, 0.1) is 10.8 Å². The van der Waals surface area contributed by atoms with Crippen LogP contribution in [0.3, 0.4) is 0 Å². The van der Waals surface area contributed by atoms with Crippen molar-refractivity contribution in [3.63, 3.8) is 0 Å². The third-order valence-electron chi connectivity index (χ3n) is 15.7. The molecule has 0 aromatic heterocycles. The van der Waals surface area contributed by atoms with E-state index in [1.807, 2.05) is 77.9 Å². The van der Waals surface area contributed by atoms with Gasteiger partial charge in [0.25, 0.3) is 11.8 Å². The van der Waals surface area contributed by atoms with Crippen LogP contribution >= 0.6 is 40.7 Å². The summed E-state index contributed by atoms with van der Waals surface area (Å²) in [5.74, 6) is -3.50. The average molecular weight is 1200 g/mol. The van der Waals surface area contributed by atoms with Gasteiger partial charge in [-0.25, -0.2) is 0 Å². The van der Waals surface area contributed by atoms with E-state index in [2.05, 4.69) is 70.6 Å². The van der Waals surface area contributed by atoms with Gasteiger partial charge in [0.1, 0.15) is 24.2 Å². The number of halogens is 3. The fraction of sp³-hybridized carbons (Fsp3) is 0.552. The minimum absolute atomic E-state index is 0. The topological polar surface area (TPSA) is 239 Å². The number of nitrogens with zero attached hydrogens (tertiary/aromatic N) is 2. The lowest BCUT2D eigenvalue weighted by atomic mass is 9.85. The molecule has 10 atom stereocenters. The van der Waals surface area contributed by atoms with E-state index in [0.717, 1.165) is 60.8 Å². The summed E-state index contributed by atoms with van der Waals surface area (Å²) in [5, 5.41) is 24.2. The summed E-state index contributed by atoms with van der Waals surface area (Å²) in [6, 6.07) is 13.5. The van der Waals surface area contributed by atoms with Crippen molar-refractivity contribution in [1.29, 1.82) is 0 Å². The summed E-state index contributed by atoms with van der Waals surface area (Å²) in [5.41, 5.74) is 3.13. The smallest absolute Gasteiger partial charge is 0.252 e. The van der Waals surface area contributed by atoms with Crippen molar-refractivity contribution in [3.05, 3.63) is 105 Å². The van der Waals surface area contributed by atoms with Crippen LogP contribution in [0.1, 0.15) is 149 Å². The van der Waals surface area contributed by atoms with E-state index in [9.17, 15) is 38.4 Å². The Morgan fingerprint density at radius 3 is 1.38 bits per heavy atom. The van der Waals surface area contributed by atoms with Crippen molar-refractivity contribution < 1.29 is 38.4 Å². The van der Waals surface area contributed by atoms with Gasteiger partial charge in [-0.05, 0) is 147 Å². The van der Waals surface area contributed by atoms with Crippen molar-refractivity contribution in [2.75, 3.05) is 27.2 Å². The number of hydrogen-bond donors (Lipinski definition) is 8. The third kappa shape index (κ3) is 15.2. The van der Waals surface area contributed by atoms with E-state index in [4.69, 9.17) is 0 Å². The molecule has 8 amide bonds. The molecule has 21 heteroatoms. The van der Waals surface area contributed by atoms with Gasteiger partial charge >= 0.3 is 0 Å². The number of carbonyl (C=O) groups excluding carboxylic acids is 8. The first kappa shape index (κ1) is 64.2. The highest BCUT2D eigenvalue weighted by molar-refractivity contribution is 9.10. The molecule has 432 valence electrons. The van der Waals surface area contributed by atoms with Crippen LogP contribution in [-0.2, 0) is 41.6 Å². The van der Waals surface area contributed by atoms with Gasteiger partial charge in [-0.2, -0.15) is 0 Å². The van der Waals surface area contributed by atoms with Crippen LogP contribution in [0.4, 0.5) is 0 Å². The maximum absolute atomic E-state index is 14.7. The third-order valence-corrected chi connectivity index (χ3v) is 16.4. The summed E-state index contributed by atoms with van der Waals surface area (Å²) in [7, 11) is 3.30. The second-order valence-electron chi connectivity index (χ2n) is 23.5. The predicted octanol–water partition coefficient (Wildman–Crippen LogP) is 5.36. The monoisotopic (exact) mass is 1190 g/mol. The SMILES string of the molecule is CN[C@@H](C)C(=O)NC(C(=O)N1C[C@@H](NC(=O)c2cc(C(=O)N[C@H]3CC(C(=O)N[C@@H]4CCCc5ccccc54)N(C(=O)[C@@H](NC(=O)[C@H](C)NC)C(C)(C)C)C3)ccc2Br)CC1C(=O)N[C@@H]1CCCc2ccccc21)C(C)(C)C.Cl.Cl. The van der Waals surface area contributed by atoms with E-state index < -0.39 is 82.8 Å². The second-order valence-corrected chi connectivity index (χ2v) is 24.3. The highest BCUT2D eigenvalue weighted by atomic mass is 79.9. The molecule has 2 saturated heterocycles. The highest BCUT2D eigenvalue weighted by Gasteiger charge is 2.48. The quantitative estimate of drug-likeness (QED) is 0.0915. The lowest BCUT2D eigenvalue weighted by Crippen LogP contribution is -2.59. The summed E-state index contributed by atoms with van der Waals surface area (Å²) < 4.78 is 0.387. The number of likely N-dealkylation sites (tertiary alicyclic amines) is 2. The molecule has 2 fully saturated rings. The molecule has 3 aromatic carbocycles. The van der Waals surface area contributed by atoms with Crippen molar-refractivity contribution in [2.24, 2.45) is 10.8 Å². The van der Waals surface area contributed by atoms with E-state index in [0.29, 0.717) is 4.47 Å². The fourth-order valence-corrected chi connectivity index (χ4v) is 11.4. The molecule has 2 aliphatic carbocycles. The first-order valence-electron chi connectivity index (χ1n) is 27.1. The first-order valence-corrected chi connectivity index (χ1v) is 27.9. The zero-order chi connectivity index (χ0) is 56.1. The Bertz CT molecular complexity index is 2740. The summed E-state index contributed by atoms with van der Waals surface area (Å²) in [6.45, 7) is 14.4. The van der Waals surface area contributed by atoms with Crippen molar-refractivity contribution in [3.8, 4) is 0 Å². The van der Waals surface area contributed by atoms with Crippen LogP contribution in [0.2, 0.25) is 0 Å². The van der Waals surface area contributed by atoms with E-state index >= 15 is 0 Å². The Hall–Kier alpha value is -5.60. The standard InChI is InChI=1S/C58H79BrN10O8.2ClH/c1-32(60-9)49(70)66-47(57(3,4)5)55(76)68-30-37(28-45(68)53(74)64-43-23-15-19-34-17-11-13-21-39(34)43)62-51(72)36-25-26-42(59)41(27-36)52(73)63-38-29-46(54(75)65-44-24-16-20-35-18-12-14-22-40(35)44)69(31-38)56(77)48(58(6,7)8)67-50(71)33(2)61-10;;/h11-14,17-18,21-22,25-27,32-33,37-38,43-48,60-61H,15-16,19-20,23-24,28-31H2,1-10H3,(H,62,72)(H,63,73)(H,64,74)(H,65,75)(H,66,70)(H,67,71);2*1H/t32-,33-,37-,38-,43+,44+,45?,46?,47+,48?;;/m0../s1. The molecule has 2 aliphatic heterocycles. The normalized spacial score (nSPS) is 22.2. The van der Waals surface area contributed by atoms with Crippen molar-refractivity contribution >= 4 is 88.0 Å².